The fraction of sp³-hybridized carbons (Fsp3) is 0.588. The molecule has 6 nitrogen and oxygen atoms in total. The number of likely N-dealkylation sites (tertiary alicyclic amines) is 1. The minimum atomic E-state index is -0.629. The van der Waals surface area contributed by atoms with Crippen LogP contribution < -0.4 is 5.32 Å². The van der Waals surface area contributed by atoms with Gasteiger partial charge in [0.2, 0.25) is 11.8 Å². The van der Waals surface area contributed by atoms with Crippen molar-refractivity contribution < 1.29 is 14.7 Å². The van der Waals surface area contributed by atoms with Crippen LogP contribution in [0.15, 0.2) is 11.5 Å². The highest BCUT2D eigenvalue weighted by Crippen LogP contribution is 2.14. The molecular formula is C17H25N3O3S. The Kier molecular flexibility index (Phi) is 6.51. The molecule has 7 heteroatoms. The van der Waals surface area contributed by atoms with Crippen LogP contribution in [0, 0.1) is 12.8 Å². The summed E-state index contributed by atoms with van der Waals surface area (Å²) in [6, 6.07) is -0.303. The Balaban J connectivity index is 1.92. The van der Waals surface area contributed by atoms with E-state index >= 15 is 0 Å². The first-order chi connectivity index (χ1) is 11.4. The van der Waals surface area contributed by atoms with Crippen molar-refractivity contribution in [1.29, 1.82) is 0 Å². The lowest BCUT2D eigenvalue weighted by Gasteiger charge is -2.22. The molecule has 0 spiro atoms. The summed E-state index contributed by atoms with van der Waals surface area (Å²) < 4.78 is 0. The third kappa shape index (κ3) is 5.14. The molecule has 2 rings (SSSR count). The molecule has 1 aliphatic heterocycles. The molecule has 1 fully saturated rings. The molecule has 0 aromatic carbocycles. The number of carbonyl (C=O) groups excluding carboxylic acids is 2. The van der Waals surface area contributed by atoms with Crippen molar-refractivity contribution in [3.63, 3.8) is 0 Å². The van der Waals surface area contributed by atoms with Gasteiger partial charge in [0.1, 0.15) is 0 Å². The Morgan fingerprint density at radius 3 is 2.75 bits per heavy atom. The predicted octanol–water partition coefficient (Wildman–Crippen LogP) is 1.59. The molecule has 0 unspecified atom stereocenters. The van der Waals surface area contributed by atoms with Crippen molar-refractivity contribution in [1.82, 2.24) is 15.2 Å². The van der Waals surface area contributed by atoms with Crippen LogP contribution >= 0.6 is 11.3 Å². The van der Waals surface area contributed by atoms with Crippen LogP contribution in [-0.2, 0) is 9.59 Å². The van der Waals surface area contributed by atoms with Crippen molar-refractivity contribution in [3.05, 3.63) is 22.2 Å². The summed E-state index contributed by atoms with van der Waals surface area (Å²) >= 11 is 1.54. The number of rotatable bonds is 4. The highest BCUT2D eigenvalue weighted by Gasteiger charge is 2.27. The molecule has 0 saturated carbocycles. The number of aromatic nitrogens is 1. The first-order valence-electron chi connectivity index (χ1n) is 8.24. The normalized spacial score (nSPS) is 22.0. The zero-order valence-electron chi connectivity index (χ0n) is 14.4. The molecule has 0 bridgehead atoms. The number of nitrogens with zero attached hydrogens (tertiary/aromatic N) is 2. The SMILES string of the molecule is Cc1nc(C=CC(=O)N2CC[C@H](NC(=O)C(C)C)[C@@H](O)CC2)cs1. The van der Waals surface area contributed by atoms with Gasteiger partial charge in [0, 0.05) is 30.5 Å². The molecule has 2 heterocycles. The van der Waals surface area contributed by atoms with Gasteiger partial charge in [-0.2, -0.15) is 0 Å². The van der Waals surface area contributed by atoms with E-state index in [1.165, 1.54) is 6.08 Å². The van der Waals surface area contributed by atoms with Gasteiger partial charge < -0.3 is 15.3 Å². The van der Waals surface area contributed by atoms with Gasteiger partial charge in [-0.25, -0.2) is 4.98 Å². The lowest BCUT2D eigenvalue weighted by atomic mass is 10.1. The molecule has 2 amide bonds. The fourth-order valence-corrected chi connectivity index (χ4v) is 3.13. The molecule has 0 aliphatic carbocycles. The van der Waals surface area contributed by atoms with E-state index in [1.54, 1.807) is 22.3 Å². The molecule has 1 saturated heterocycles. The highest BCUT2D eigenvalue weighted by molar-refractivity contribution is 7.09. The minimum Gasteiger partial charge on any atom is -0.391 e. The molecule has 1 aromatic rings. The van der Waals surface area contributed by atoms with E-state index in [4.69, 9.17) is 0 Å². The van der Waals surface area contributed by atoms with E-state index in [-0.39, 0.29) is 23.8 Å². The van der Waals surface area contributed by atoms with Gasteiger partial charge in [0.25, 0.3) is 0 Å². The fourth-order valence-electron chi connectivity index (χ4n) is 2.55. The van der Waals surface area contributed by atoms with Gasteiger partial charge in [0.05, 0.1) is 22.8 Å². The second kappa shape index (κ2) is 8.39. The monoisotopic (exact) mass is 351 g/mol. The van der Waals surface area contributed by atoms with Crippen molar-refractivity contribution in [2.45, 2.75) is 45.8 Å². The number of hydrogen-bond acceptors (Lipinski definition) is 5. The lowest BCUT2D eigenvalue weighted by Crippen LogP contribution is -2.44. The molecule has 24 heavy (non-hydrogen) atoms. The van der Waals surface area contributed by atoms with E-state index in [1.807, 2.05) is 26.2 Å². The summed E-state index contributed by atoms with van der Waals surface area (Å²) in [4.78, 5) is 30.1. The van der Waals surface area contributed by atoms with Crippen LogP contribution in [-0.4, -0.2) is 52.0 Å². The zero-order chi connectivity index (χ0) is 17.7. The standard InChI is InChI=1S/C17H25N3O3S/c1-11(2)17(23)19-14-6-8-20(9-7-15(14)21)16(22)5-4-13-10-24-12(3)18-13/h4-5,10-11,14-15,21H,6-9H2,1-3H3,(H,19,23)/t14-,15-/m0/s1. The molecule has 1 aromatic heterocycles. The number of nitrogens with one attached hydrogen (secondary N) is 1. The Hall–Kier alpha value is -1.73. The summed E-state index contributed by atoms with van der Waals surface area (Å²) in [6.45, 7) is 6.55. The van der Waals surface area contributed by atoms with Crippen LogP contribution in [0.5, 0.6) is 0 Å². The highest BCUT2D eigenvalue weighted by atomic mass is 32.1. The maximum Gasteiger partial charge on any atom is 0.246 e. The number of aliphatic hydroxyl groups excluding tert-OH is 1. The van der Waals surface area contributed by atoms with Gasteiger partial charge in [0.15, 0.2) is 0 Å². The number of amides is 2. The van der Waals surface area contributed by atoms with Gasteiger partial charge in [-0.15, -0.1) is 11.3 Å². The first kappa shape index (κ1) is 18.6. The number of thiazole rings is 1. The smallest absolute Gasteiger partial charge is 0.246 e. The third-order valence-corrected chi connectivity index (χ3v) is 4.86. The van der Waals surface area contributed by atoms with Gasteiger partial charge >= 0.3 is 0 Å². The van der Waals surface area contributed by atoms with E-state index in [0.717, 1.165) is 10.7 Å². The van der Waals surface area contributed by atoms with Crippen molar-refractivity contribution in [2.75, 3.05) is 13.1 Å². The summed E-state index contributed by atoms with van der Waals surface area (Å²) in [5.41, 5.74) is 0.780. The van der Waals surface area contributed by atoms with E-state index in [0.29, 0.717) is 25.9 Å². The first-order valence-corrected chi connectivity index (χ1v) is 9.12. The Morgan fingerprint density at radius 2 is 2.12 bits per heavy atom. The quantitative estimate of drug-likeness (QED) is 0.807. The Bertz CT molecular complexity index is 612. The van der Waals surface area contributed by atoms with Crippen LogP contribution in [0.3, 0.4) is 0 Å². The Labute approximate surface area is 146 Å². The molecule has 0 radical (unpaired) electrons. The van der Waals surface area contributed by atoms with Gasteiger partial charge in [-0.1, -0.05) is 13.8 Å². The zero-order valence-corrected chi connectivity index (χ0v) is 15.2. The summed E-state index contributed by atoms with van der Waals surface area (Å²) in [7, 11) is 0. The average Bonchev–Trinajstić information content (AvgIpc) is 2.87. The van der Waals surface area contributed by atoms with Crippen LogP contribution in [0.1, 0.15) is 37.4 Å². The molecule has 2 atom stereocenters. The van der Waals surface area contributed by atoms with Gasteiger partial charge in [-0.05, 0) is 25.8 Å². The topological polar surface area (TPSA) is 82.5 Å². The average molecular weight is 351 g/mol. The van der Waals surface area contributed by atoms with E-state index < -0.39 is 6.10 Å². The maximum absolute atomic E-state index is 12.3. The summed E-state index contributed by atoms with van der Waals surface area (Å²) in [6.07, 6.45) is 3.61. The number of hydrogen-bond donors (Lipinski definition) is 2. The number of aryl methyl sites for hydroxylation is 1. The van der Waals surface area contributed by atoms with E-state index in [2.05, 4.69) is 10.3 Å². The predicted molar refractivity (Wildman–Crippen MR) is 94.5 cm³/mol. The largest absolute Gasteiger partial charge is 0.391 e. The second-order valence-electron chi connectivity index (χ2n) is 6.36. The summed E-state index contributed by atoms with van der Waals surface area (Å²) in [5.74, 6) is -0.288. The summed E-state index contributed by atoms with van der Waals surface area (Å²) in [5, 5.41) is 16.0. The van der Waals surface area contributed by atoms with Crippen LogP contribution in [0.2, 0.25) is 0 Å². The number of carbonyl (C=O) groups is 2. The molecular weight excluding hydrogens is 326 g/mol. The maximum atomic E-state index is 12.3. The Morgan fingerprint density at radius 1 is 1.42 bits per heavy atom. The second-order valence-corrected chi connectivity index (χ2v) is 7.43. The van der Waals surface area contributed by atoms with Crippen LogP contribution in [0.4, 0.5) is 0 Å². The van der Waals surface area contributed by atoms with Crippen molar-refractivity contribution >= 4 is 29.2 Å². The number of aliphatic hydroxyl groups is 1. The van der Waals surface area contributed by atoms with E-state index in [9.17, 15) is 14.7 Å². The lowest BCUT2D eigenvalue weighted by molar-refractivity contribution is -0.126. The molecule has 2 N–H and O–H groups in total. The molecule has 1 aliphatic rings. The van der Waals surface area contributed by atoms with Crippen LogP contribution in [0.25, 0.3) is 6.08 Å². The van der Waals surface area contributed by atoms with Crippen molar-refractivity contribution in [2.24, 2.45) is 5.92 Å². The third-order valence-electron chi connectivity index (χ3n) is 4.07. The minimum absolute atomic E-state index is 0.0716. The van der Waals surface area contributed by atoms with Crippen molar-refractivity contribution in [3.8, 4) is 0 Å². The molecule has 132 valence electrons. The van der Waals surface area contributed by atoms with Gasteiger partial charge in [-0.3, -0.25) is 9.59 Å².